The van der Waals surface area contributed by atoms with Gasteiger partial charge in [-0.1, -0.05) is 23.7 Å². The summed E-state index contributed by atoms with van der Waals surface area (Å²) in [6.45, 7) is 0. The SMILES string of the molecule is O=C(O)c1ccc(-n2nc(C(F)(F)F)cc2-c2ccc(Cl)cc2)cc1O. The third-order valence-electron chi connectivity index (χ3n) is 3.60. The maximum absolute atomic E-state index is 13.1. The van der Waals surface area contributed by atoms with Crippen LogP contribution in [-0.4, -0.2) is 26.0 Å². The average molecular weight is 383 g/mol. The normalized spacial score (nSPS) is 11.5. The lowest BCUT2D eigenvalue weighted by Gasteiger charge is -2.09. The van der Waals surface area contributed by atoms with E-state index in [1.165, 1.54) is 30.3 Å². The molecule has 0 amide bonds. The molecule has 5 nitrogen and oxygen atoms in total. The van der Waals surface area contributed by atoms with Crippen molar-refractivity contribution < 1.29 is 28.2 Å². The second kappa shape index (κ2) is 6.38. The Bertz CT molecular complexity index is 982. The van der Waals surface area contributed by atoms with Gasteiger partial charge in [-0.25, -0.2) is 9.48 Å². The summed E-state index contributed by atoms with van der Waals surface area (Å²) in [6.07, 6.45) is -4.67. The minimum absolute atomic E-state index is 0.0768. The lowest BCUT2D eigenvalue weighted by atomic mass is 10.1. The quantitative estimate of drug-likeness (QED) is 0.693. The molecule has 0 atom stereocenters. The smallest absolute Gasteiger partial charge is 0.435 e. The molecule has 9 heteroatoms. The number of carboxylic acids is 1. The summed E-state index contributed by atoms with van der Waals surface area (Å²) < 4.78 is 40.3. The van der Waals surface area contributed by atoms with Crippen LogP contribution in [0.3, 0.4) is 0 Å². The van der Waals surface area contributed by atoms with Crippen LogP contribution in [0.1, 0.15) is 16.1 Å². The highest BCUT2D eigenvalue weighted by atomic mass is 35.5. The van der Waals surface area contributed by atoms with E-state index in [-0.39, 0.29) is 16.9 Å². The van der Waals surface area contributed by atoms with Crippen LogP contribution in [0.15, 0.2) is 48.5 Å². The fourth-order valence-electron chi connectivity index (χ4n) is 2.38. The van der Waals surface area contributed by atoms with Crippen molar-refractivity contribution in [2.45, 2.75) is 6.18 Å². The van der Waals surface area contributed by atoms with Crippen LogP contribution in [0.25, 0.3) is 16.9 Å². The molecule has 2 N–H and O–H groups in total. The second-order valence-electron chi connectivity index (χ2n) is 5.34. The zero-order valence-corrected chi connectivity index (χ0v) is 13.6. The number of alkyl halides is 3. The standard InChI is InChI=1S/C17H10ClF3N2O3/c18-10-3-1-9(2-4-10)13-8-15(17(19,20)21)22-23(13)11-5-6-12(16(25)26)14(24)7-11/h1-8,24H,(H,25,26). The van der Waals surface area contributed by atoms with Gasteiger partial charge in [0, 0.05) is 16.7 Å². The van der Waals surface area contributed by atoms with E-state index in [0.717, 1.165) is 22.9 Å². The number of carbonyl (C=O) groups is 1. The number of aromatic nitrogens is 2. The van der Waals surface area contributed by atoms with Crippen molar-refractivity contribution in [3.63, 3.8) is 0 Å². The summed E-state index contributed by atoms with van der Waals surface area (Å²) >= 11 is 5.81. The molecule has 0 radical (unpaired) electrons. The molecule has 0 fully saturated rings. The number of hydrogen-bond donors (Lipinski definition) is 2. The Labute approximate surface area is 149 Å². The van der Waals surface area contributed by atoms with Crippen molar-refractivity contribution in [2.24, 2.45) is 0 Å². The first kappa shape index (κ1) is 17.8. The molecule has 0 bridgehead atoms. The van der Waals surface area contributed by atoms with Crippen molar-refractivity contribution in [3.05, 3.63) is 64.8 Å². The molecule has 134 valence electrons. The summed E-state index contributed by atoms with van der Waals surface area (Å²) in [5.41, 5.74) is -0.891. The minimum Gasteiger partial charge on any atom is -0.507 e. The fraction of sp³-hybridized carbons (Fsp3) is 0.0588. The maximum Gasteiger partial charge on any atom is 0.435 e. The van der Waals surface area contributed by atoms with E-state index in [1.807, 2.05) is 0 Å². The summed E-state index contributed by atoms with van der Waals surface area (Å²) in [5.74, 6) is -1.94. The number of halogens is 4. The highest BCUT2D eigenvalue weighted by molar-refractivity contribution is 6.30. The van der Waals surface area contributed by atoms with Gasteiger partial charge in [0.2, 0.25) is 0 Å². The Hall–Kier alpha value is -3.00. The molecule has 0 saturated heterocycles. The highest BCUT2D eigenvalue weighted by Gasteiger charge is 2.35. The molecule has 0 saturated carbocycles. The van der Waals surface area contributed by atoms with Crippen LogP contribution in [-0.2, 0) is 6.18 Å². The van der Waals surface area contributed by atoms with Crippen LogP contribution >= 0.6 is 11.6 Å². The van der Waals surface area contributed by atoms with Crippen molar-refractivity contribution in [3.8, 4) is 22.7 Å². The number of phenols is 1. The number of aromatic carboxylic acids is 1. The van der Waals surface area contributed by atoms with E-state index in [4.69, 9.17) is 16.7 Å². The molecule has 1 aromatic heterocycles. The Morgan fingerprint density at radius 2 is 1.73 bits per heavy atom. The zero-order chi connectivity index (χ0) is 19.1. The molecule has 26 heavy (non-hydrogen) atoms. The number of aromatic hydroxyl groups is 1. The topological polar surface area (TPSA) is 75.3 Å². The number of carboxylic acid groups (broad SMARTS) is 1. The van der Waals surface area contributed by atoms with E-state index < -0.39 is 23.6 Å². The Morgan fingerprint density at radius 1 is 1.08 bits per heavy atom. The molecule has 3 rings (SSSR count). The maximum atomic E-state index is 13.1. The van der Waals surface area contributed by atoms with Gasteiger partial charge >= 0.3 is 12.1 Å². The average Bonchev–Trinajstić information content (AvgIpc) is 3.00. The highest BCUT2D eigenvalue weighted by Crippen LogP contribution is 2.34. The zero-order valence-electron chi connectivity index (χ0n) is 12.8. The molecular formula is C17H10ClF3N2O3. The van der Waals surface area contributed by atoms with Gasteiger partial charge in [-0.05, 0) is 30.3 Å². The van der Waals surface area contributed by atoms with Gasteiger partial charge in [0.05, 0.1) is 11.4 Å². The first-order valence-corrected chi connectivity index (χ1v) is 7.54. The first-order valence-electron chi connectivity index (χ1n) is 7.16. The largest absolute Gasteiger partial charge is 0.507 e. The van der Waals surface area contributed by atoms with Crippen LogP contribution in [0.4, 0.5) is 13.2 Å². The van der Waals surface area contributed by atoms with Crippen LogP contribution < -0.4 is 0 Å². The third kappa shape index (κ3) is 3.36. The lowest BCUT2D eigenvalue weighted by molar-refractivity contribution is -0.141. The summed E-state index contributed by atoms with van der Waals surface area (Å²) in [4.78, 5) is 11.0. The fourth-order valence-corrected chi connectivity index (χ4v) is 2.50. The Kier molecular flexibility index (Phi) is 4.37. The molecule has 3 aromatic rings. The molecule has 0 aliphatic heterocycles. The first-order chi connectivity index (χ1) is 12.2. The number of hydrogen-bond acceptors (Lipinski definition) is 3. The Morgan fingerprint density at radius 3 is 2.27 bits per heavy atom. The second-order valence-corrected chi connectivity index (χ2v) is 5.77. The van der Waals surface area contributed by atoms with Crippen LogP contribution in [0.2, 0.25) is 5.02 Å². The van der Waals surface area contributed by atoms with Gasteiger partial charge in [0.25, 0.3) is 0 Å². The van der Waals surface area contributed by atoms with Gasteiger partial charge in [-0.15, -0.1) is 0 Å². The molecule has 0 aliphatic carbocycles. The van der Waals surface area contributed by atoms with Gasteiger partial charge in [0.1, 0.15) is 11.3 Å². The summed E-state index contributed by atoms with van der Waals surface area (Å²) in [6, 6.07) is 10.4. The van der Waals surface area contributed by atoms with Crippen molar-refractivity contribution in [1.29, 1.82) is 0 Å². The van der Waals surface area contributed by atoms with E-state index in [2.05, 4.69) is 5.10 Å². The molecule has 0 aliphatic rings. The van der Waals surface area contributed by atoms with Gasteiger partial charge in [-0.3, -0.25) is 0 Å². The predicted molar refractivity (Wildman–Crippen MR) is 87.6 cm³/mol. The monoisotopic (exact) mass is 382 g/mol. The lowest BCUT2D eigenvalue weighted by Crippen LogP contribution is -2.07. The number of rotatable bonds is 3. The third-order valence-corrected chi connectivity index (χ3v) is 3.85. The van der Waals surface area contributed by atoms with Crippen molar-refractivity contribution >= 4 is 17.6 Å². The molecule has 1 heterocycles. The van der Waals surface area contributed by atoms with Gasteiger partial charge in [-0.2, -0.15) is 18.3 Å². The van der Waals surface area contributed by atoms with E-state index in [1.54, 1.807) is 0 Å². The molecule has 0 spiro atoms. The van der Waals surface area contributed by atoms with E-state index in [9.17, 15) is 23.1 Å². The summed E-state index contributed by atoms with van der Waals surface area (Å²) in [7, 11) is 0. The van der Waals surface area contributed by atoms with E-state index in [0.29, 0.717) is 10.6 Å². The van der Waals surface area contributed by atoms with Gasteiger partial charge in [0.15, 0.2) is 5.69 Å². The predicted octanol–water partition coefficient (Wildman–Crippen LogP) is 4.62. The number of nitrogens with zero attached hydrogens (tertiary/aromatic N) is 2. The molecule has 0 unspecified atom stereocenters. The minimum atomic E-state index is -4.67. The Balaban J connectivity index is 2.19. The number of benzene rings is 2. The van der Waals surface area contributed by atoms with Gasteiger partial charge < -0.3 is 10.2 Å². The van der Waals surface area contributed by atoms with Crippen molar-refractivity contribution in [1.82, 2.24) is 9.78 Å². The van der Waals surface area contributed by atoms with Crippen LogP contribution in [0, 0.1) is 0 Å². The van der Waals surface area contributed by atoms with Crippen LogP contribution in [0.5, 0.6) is 5.75 Å². The van der Waals surface area contributed by atoms with Crippen molar-refractivity contribution in [2.75, 3.05) is 0 Å². The molecule has 2 aromatic carbocycles. The molecular weight excluding hydrogens is 373 g/mol. The van der Waals surface area contributed by atoms with E-state index >= 15 is 0 Å². The summed E-state index contributed by atoms with van der Waals surface area (Å²) in [5, 5.41) is 22.8.